The summed E-state index contributed by atoms with van der Waals surface area (Å²) in [6.07, 6.45) is -0.542. The molecule has 0 radical (unpaired) electrons. The molecule has 0 rings (SSSR count). The third kappa shape index (κ3) is 6.23. The average Bonchev–Trinajstić information content (AvgIpc) is 1.97. The van der Waals surface area contributed by atoms with Crippen LogP contribution in [0, 0.1) is 0 Å². The third-order valence-electron chi connectivity index (χ3n) is 0.994. The van der Waals surface area contributed by atoms with Crippen LogP contribution in [0.25, 0.3) is 0 Å². The quantitative estimate of drug-likeness (QED) is 0.622. The van der Waals surface area contributed by atoms with Gasteiger partial charge in [-0.15, -0.1) is 0 Å². The maximum absolute atomic E-state index is 10.4. The van der Waals surface area contributed by atoms with Gasteiger partial charge in [0.2, 0.25) is 0 Å². The van der Waals surface area contributed by atoms with E-state index in [0.717, 1.165) is 0 Å². The summed E-state index contributed by atoms with van der Waals surface area (Å²) in [5.41, 5.74) is -0.483. The molecule has 2 atom stereocenters. The number of aliphatic hydroxyl groups excluding tert-OH is 1. The Labute approximate surface area is 68.1 Å². The zero-order valence-corrected chi connectivity index (χ0v) is 7.60. The van der Waals surface area contributed by atoms with Crippen LogP contribution in [-0.2, 0) is 9.47 Å². The first-order valence-electron chi connectivity index (χ1n) is 3.35. The molecule has 66 valence electrons. The molecule has 2 unspecified atom stereocenters. The maximum Gasteiger partial charge on any atom is 0.320 e. The number of hydrogen-bond donors (Lipinski definition) is 1. The van der Waals surface area contributed by atoms with Gasteiger partial charge in [-0.3, -0.25) is 0 Å². The van der Waals surface area contributed by atoms with E-state index in [-0.39, 0.29) is 13.2 Å². The average molecular weight is 180 g/mol. The molecule has 0 aliphatic carbocycles. The highest BCUT2D eigenvalue weighted by molar-refractivity contribution is 7.39. The predicted octanol–water partition coefficient (Wildman–Crippen LogP) is 0.396. The SMILES string of the molecule is CCOCC(CO)OC(=O)P. The van der Waals surface area contributed by atoms with Crippen LogP contribution in [0.1, 0.15) is 6.92 Å². The second-order valence-electron chi connectivity index (χ2n) is 1.90. The lowest BCUT2D eigenvalue weighted by Crippen LogP contribution is -2.24. The van der Waals surface area contributed by atoms with Crippen molar-refractivity contribution in [3.8, 4) is 0 Å². The highest BCUT2D eigenvalue weighted by atomic mass is 31.0. The number of rotatable bonds is 5. The van der Waals surface area contributed by atoms with E-state index in [2.05, 4.69) is 4.74 Å². The highest BCUT2D eigenvalue weighted by Crippen LogP contribution is 1.98. The molecule has 1 N–H and O–H groups in total. The molecule has 0 aliphatic rings. The zero-order chi connectivity index (χ0) is 8.69. The lowest BCUT2D eigenvalue weighted by molar-refractivity contribution is 0.00553. The largest absolute Gasteiger partial charge is 0.455 e. The van der Waals surface area contributed by atoms with E-state index in [0.29, 0.717) is 6.61 Å². The normalized spacial score (nSPS) is 12.6. The lowest BCUT2D eigenvalue weighted by Gasteiger charge is -2.13. The van der Waals surface area contributed by atoms with E-state index in [1.165, 1.54) is 0 Å². The van der Waals surface area contributed by atoms with Gasteiger partial charge < -0.3 is 14.6 Å². The summed E-state index contributed by atoms with van der Waals surface area (Å²) in [5.74, 6) is 0. The molecule has 0 fully saturated rings. The Morgan fingerprint density at radius 2 is 2.36 bits per heavy atom. The number of carbonyl (C=O) groups is 1. The van der Waals surface area contributed by atoms with Crippen LogP contribution < -0.4 is 0 Å². The first-order chi connectivity index (χ1) is 5.20. The van der Waals surface area contributed by atoms with Crippen LogP contribution in [-0.4, -0.2) is 36.7 Å². The number of aliphatic hydroxyl groups is 1. The molecule has 5 heteroatoms. The molecule has 0 saturated heterocycles. The second-order valence-corrected chi connectivity index (χ2v) is 2.37. The van der Waals surface area contributed by atoms with Gasteiger partial charge in [-0.2, -0.15) is 0 Å². The fourth-order valence-electron chi connectivity index (χ4n) is 0.538. The fraction of sp³-hybridized carbons (Fsp3) is 0.833. The van der Waals surface area contributed by atoms with Crippen LogP contribution in [0.4, 0.5) is 4.79 Å². The number of ether oxygens (including phenoxy) is 2. The molecule has 0 aromatic carbocycles. The van der Waals surface area contributed by atoms with Crippen molar-refractivity contribution in [3.05, 3.63) is 0 Å². The Kier molecular flexibility index (Phi) is 6.42. The molecular formula is C6H13O4P. The van der Waals surface area contributed by atoms with Crippen molar-refractivity contribution in [1.82, 2.24) is 0 Å². The van der Waals surface area contributed by atoms with Crippen molar-refractivity contribution in [1.29, 1.82) is 0 Å². The summed E-state index contributed by atoms with van der Waals surface area (Å²) < 4.78 is 9.59. The monoisotopic (exact) mass is 180 g/mol. The van der Waals surface area contributed by atoms with Gasteiger partial charge in [0, 0.05) is 6.61 Å². The van der Waals surface area contributed by atoms with Gasteiger partial charge in [0.1, 0.15) is 6.10 Å². The van der Waals surface area contributed by atoms with Gasteiger partial charge in [-0.1, -0.05) is 0 Å². The van der Waals surface area contributed by atoms with Crippen LogP contribution in [0.2, 0.25) is 0 Å². The Balaban J connectivity index is 3.49. The van der Waals surface area contributed by atoms with E-state index in [9.17, 15) is 4.79 Å². The van der Waals surface area contributed by atoms with Gasteiger partial charge in [-0.25, -0.2) is 4.79 Å². The van der Waals surface area contributed by atoms with Crippen molar-refractivity contribution < 1.29 is 19.4 Å². The van der Waals surface area contributed by atoms with Crippen molar-refractivity contribution in [3.63, 3.8) is 0 Å². The summed E-state index contributed by atoms with van der Waals surface area (Å²) >= 11 is 0. The third-order valence-corrected chi connectivity index (χ3v) is 1.13. The molecule has 4 nitrogen and oxygen atoms in total. The lowest BCUT2D eigenvalue weighted by atomic mass is 10.4. The van der Waals surface area contributed by atoms with Gasteiger partial charge in [0.15, 0.2) is 0 Å². The first kappa shape index (κ1) is 10.8. The number of carbonyl (C=O) groups excluding carboxylic acids is 1. The maximum atomic E-state index is 10.4. The second kappa shape index (κ2) is 6.53. The molecule has 0 amide bonds. The molecule has 0 saturated carbocycles. The van der Waals surface area contributed by atoms with E-state index >= 15 is 0 Å². The Morgan fingerprint density at radius 1 is 1.73 bits per heavy atom. The summed E-state index contributed by atoms with van der Waals surface area (Å²) in [6, 6.07) is 0. The molecule has 0 aliphatic heterocycles. The minimum Gasteiger partial charge on any atom is -0.455 e. The fourth-order valence-corrected chi connectivity index (χ4v) is 0.730. The van der Waals surface area contributed by atoms with Crippen LogP contribution in [0.3, 0.4) is 0 Å². The minimum absolute atomic E-state index is 0.208. The van der Waals surface area contributed by atoms with E-state index < -0.39 is 11.8 Å². The summed E-state index contributed by atoms with van der Waals surface area (Å²) in [7, 11) is 1.87. The van der Waals surface area contributed by atoms with Crippen molar-refractivity contribution >= 4 is 15.0 Å². The molecule has 0 spiro atoms. The molecule has 11 heavy (non-hydrogen) atoms. The Morgan fingerprint density at radius 3 is 2.73 bits per heavy atom. The predicted molar refractivity (Wildman–Crippen MR) is 43.6 cm³/mol. The highest BCUT2D eigenvalue weighted by Gasteiger charge is 2.09. The van der Waals surface area contributed by atoms with Crippen molar-refractivity contribution in [2.75, 3.05) is 19.8 Å². The smallest absolute Gasteiger partial charge is 0.320 e. The van der Waals surface area contributed by atoms with Crippen LogP contribution in [0.5, 0.6) is 0 Å². The van der Waals surface area contributed by atoms with Gasteiger partial charge in [-0.05, 0) is 16.2 Å². The Bertz CT molecular complexity index is 117. The summed E-state index contributed by atoms with van der Waals surface area (Å²) in [4.78, 5) is 10.4. The van der Waals surface area contributed by atoms with Crippen molar-refractivity contribution in [2.45, 2.75) is 13.0 Å². The van der Waals surface area contributed by atoms with E-state index in [4.69, 9.17) is 9.84 Å². The molecule has 0 aromatic rings. The van der Waals surface area contributed by atoms with Gasteiger partial charge in [0.25, 0.3) is 0 Å². The van der Waals surface area contributed by atoms with Crippen LogP contribution >= 0.6 is 9.24 Å². The number of hydrogen-bond acceptors (Lipinski definition) is 4. The van der Waals surface area contributed by atoms with Crippen LogP contribution in [0.15, 0.2) is 0 Å². The summed E-state index contributed by atoms with van der Waals surface area (Å²) in [6.45, 7) is 2.41. The summed E-state index contributed by atoms with van der Waals surface area (Å²) in [5, 5.41) is 8.64. The molecular weight excluding hydrogens is 167 g/mol. The minimum atomic E-state index is -0.542. The van der Waals surface area contributed by atoms with Crippen molar-refractivity contribution in [2.24, 2.45) is 0 Å². The van der Waals surface area contributed by atoms with E-state index in [1.54, 1.807) is 0 Å². The zero-order valence-electron chi connectivity index (χ0n) is 6.45. The molecule has 0 heterocycles. The molecule has 0 aromatic heterocycles. The standard InChI is InChI=1S/C6H13O4P/c1-2-9-4-5(3-7)10-6(8)11/h5,7H,2-4,11H2,1H3. The topological polar surface area (TPSA) is 55.8 Å². The van der Waals surface area contributed by atoms with Gasteiger partial charge >= 0.3 is 5.71 Å². The van der Waals surface area contributed by atoms with Gasteiger partial charge in [0.05, 0.1) is 13.2 Å². The Hall–Kier alpha value is -0.180. The van der Waals surface area contributed by atoms with E-state index in [1.807, 2.05) is 16.2 Å². The first-order valence-corrected chi connectivity index (χ1v) is 3.93. The molecule has 0 bridgehead atoms.